The Morgan fingerprint density at radius 3 is 2.62 bits per heavy atom. The zero-order chi connectivity index (χ0) is 15.1. The Labute approximate surface area is 133 Å². The van der Waals surface area contributed by atoms with E-state index in [0.29, 0.717) is 19.0 Å². The number of hydrogen-bond acceptors (Lipinski definition) is 5. The molecule has 2 aromatic rings. The van der Waals surface area contributed by atoms with Crippen molar-refractivity contribution in [1.29, 1.82) is 0 Å². The second-order valence-corrected chi connectivity index (χ2v) is 5.18. The van der Waals surface area contributed by atoms with Crippen LogP contribution in [0.4, 0.5) is 17.3 Å². The number of nitrogens with one attached hydrogen (secondary N) is 2. The van der Waals surface area contributed by atoms with Gasteiger partial charge in [-0.2, -0.15) is 0 Å². The molecule has 2 N–H and O–H groups in total. The minimum Gasteiger partial charge on any atom is -0.374 e. The van der Waals surface area contributed by atoms with Crippen LogP contribution < -0.4 is 10.6 Å². The van der Waals surface area contributed by atoms with Gasteiger partial charge in [0.15, 0.2) is 5.82 Å². The van der Waals surface area contributed by atoms with Crippen LogP contribution in [-0.2, 0) is 11.3 Å². The summed E-state index contributed by atoms with van der Waals surface area (Å²) in [7, 11) is 0. The predicted octanol–water partition coefficient (Wildman–Crippen LogP) is 3.95. The maximum atomic E-state index is 5.39. The van der Waals surface area contributed by atoms with Crippen LogP contribution >= 0.6 is 15.9 Å². The third-order valence-electron chi connectivity index (χ3n) is 2.70. The van der Waals surface area contributed by atoms with Gasteiger partial charge in [-0.15, -0.1) is 0 Å². The number of aromatic nitrogens is 2. The first-order valence-electron chi connectivity index (χ1n) is 6.94. The van der Waals surface area contributed by atoms with E-state index in [1.165, 1.54) is 0 Å². The second kappa shape index (κ2) is 7.95. The highest BCUT2D eigenvalue weighted by Gasteiger charge is 2.06. The van der Waals surface area contributed by atoms with Crippen molar-refractivity contribution in [3.05, 3.63) is 40.6 Å². The molecule has 0 fully saturated rings. The number of benzene rings is 1. The summed E-state index contributed by atoms with van der Waals surface area (Å²) in [6.45, 7) is 5.83. The molecule has 0 aliphatic rings. The molecule has 0 aliphatic carbocycles. The first-order chi connectivity index (χ1) is 10.2. The van der Waals surface area contributed by atoms with Crippen LogP contribution in [0.3, 0.4) is 0 Å². The average molecular weight is 351 g/mol. The standard InChI is InChI=1S/C15H19BrN4O/c1-3-17-13-9-14(20-15(19-13)10-21-4-2)18-12-8-6-5-7-11(12)16/h5-9H,3-4,10H2,1-2H3,(H2,17,18,19,20). The third-order valence-corrected chi connectivity index (χ3v) is 3.39. The van der Waals surface area contributed by atoms with Crippen LogP contribution in [0.25, 0.3) is 0 Å². The Morgan fingerprint density at radius 2 is 1.90 bits per heavy atom. The minimum absolute atomic E-state index is 0.403. The van der Waals surface area contributed by atoms with Crippen LogP contribution in [0.15, 0.2) is 34.8 Å². The van der Waals surface area contributed by atoms with E-state index in [-0.39, 0.29) is 0 Å². The van der Waals surface area contributed by atoms with Gasteiger partial charge in [-0.1, -0.05) is 12.1 Å². The number of para-hydroxylation sites is 1. The number of rotatable bonds is 7. The molecule has 1 heterocycles. The van der Waals surface area contributed by atoms with E-state index in [9.17, 15) is 0 Å². The molecule has 0 spiro atoms. The first-order valence-corrected chi connectivity index (χ1v) is 7.73. The second-order valence-electron chi connectivity index (χ2n) is 4.33. The fourth-order valence-electron chi connectivity index (χ4n) is 1.79. The molecule has 1 aromatic heterocycles. The molecule has 0 amide bonds. The summed E-state index contributed by atoms with van der Waals surface area (Å²) in [5, 5.41) is 6.50. The molecule has 0 bridgehead atoms. The van der Waals surface area contributed by atoms with E-state index in [2.05, 4.69) is 36.5 Å². The molecule has 0 saturated carbocycles. The Bertz CT molecular complexity index is 592. The zero-order valence-corrected chi connectivity index (χ0v) is 13.8. The maximum absolute atomic E-state index is 5.39. The third kappa shape index (κ3) is 4.68. The lowest BCUT2D eigenvalue weighted by Crippen LogP contribution is -2.07. The topological polar surface area (TPSA) is 59.1 Å². The van der Waals surface area contributed by atoms with Crippen molar-refractivity contribution < 1.29 is 4.74 Å². The van der Waals surface area contributed by atoms with Crippen LogP contribution in [0.2, 0.25) is 0 Å². The average Bonchev–Trinajstić information content (AvgIpc) is 2.48. The summed E-state index contributed by atoms with van der Waals surface area (Å²) in [5.74, 6) is 2.18. The Kier molecular flexibility index (Phi) is 5.95. The van der Waals surface area contributed by atoms with Crippen molar-refractivity contribution >= 4 is 33.3 Å². The van der Waals surface area contributed by atoms with Crippen LogP contribution in [0.5, 0.6) is 0 Å². The molecule has 0 atom stereocenters. The van der Waals surface area contributed by atoms with Crippen LogP contribution in [0, 0.1) is 0 Å². The molecule has 5 nitrogen and oxygen atoms in total. The highest BCUT2D eigenvalue weighted by atomic mass is 79.9. The summed E-state index contributed by atoms with van der Waals surface area (Å²) >= 11 is 3.52. The van der Waals surface area contributed by atoms with Gasteiger partial charge in [-0.05, 0) is 41.9 Å². The molecule has 112 valence electrons. The summed E-state index contributed by atoms with van der Waals surface area (Å²) in [6.07, 6.45) is 0. The summed E-state index contributed by atoms with van der Waals surface area (Å²) in [4.78, 5) is 8.91. The number of hydrogen-bond donors (Lipinski definition) is 2. The predicted molar refractivity (Wildman–Crippen MR) is 89.0 cm³/mol. The van der Waals surface area contributed by atoms with Gasteiger partial charge in [0.25, 0.3) is 0 Å². The quantitative estimate of drug-likeness (QED) is 0.791. The molecule has 1 aromatic carbocycles. The van der Waals surface area contributed by atoms with Crippen molar-refractivity contribution in [3.63, 3.8) is 0 Å². The van der Waals surface area contributed by atoms with Crippen molar-refractivity contribution in [3.8, 4) is 0 Å². The van der Waals surface area contributed by atoms with Gasteiger partial charge in [-0.3, -0.25) is 0 Å². The van der Waals surface area contributed by atoms with Gasteiger partial charge in [0.2, 0.25) is 0 Å². The smallest absolute Gasteiger partial charge is 0.158 e. The van der Waals surface area contributed by atoms with Gasteiger partial charge in [0.1, 0.15) is 18.2 Å². The minimum atomic E-state index is 0.403. The SMILES string of the molecule is CCNc1cc(Nc2ccccc2Br)nc(COCC)n1. The lowest BCUT2D eigenvalue weighted by atomic mass is 10.3. The van der Waals surface area contributed by atoms with E-state index in [1.54, 1.807) is 0 Å². The van der Waals surface area contributed by atoms with Crippen molar-refractivity contribution in [1.82, 2.24) is 9.97 Å². The van der Waals surface area contributed by atoms with Gasteiger partial charge < -0.3 is 15.4 Å². The number of anilines is 3. The first kappa shape index (κ1) is 15.7. The van der Waals surface area contributed by atoms with Gasteiger partial charge in [0.05, 0.1) is 5.69 Å². The van der Waals surface area contributed by atoms with Gasteiger partial charge in [-0.25, -0.2) is 9.97 Å². The van der Waals surface area contributed by atoms with Crippen LogP contribution in [0.1, 0.15) is 19.7 Å². The summed E-state index contributed by atoms with van der Waals surface area (Å²) < 4.78 is 6.38. The molecule has 0 saturated heterocycles. The largest absolute Gasteiger partial charge is 0.374 e. The zero-order valence-electron chi connectivity index (χ0n) is 12.2. The number of nitrogens with zero attached hydrogens (tertiary/aromatic N) is 2. The van der Waals surface area contributed by atoms with Crippen molar-refractivity contribution in [2.45, 2.75) is 20.5 Å². The van der Waals surface area contributed by atoms with E-state index in [0.717, 1.165) is 28.3 Å². The Balaban J connectivity index is 2.24. The molecule has 0 aliphatic heterocycles. The normalized spacial score (nSPS) is 10.4. The molecular weight excluding hydrogens is 332 g/mol. The summed E-state index contributed by atoms with van der Waals surface area (Å²) in [5.41, 5.74) is 0.959. The fraction of sp³-hybridized carbons (Fsp3) is 0.333. The molecule has 21 heavy (non-hydrogen) atoms. The lowest BCUT2D eigenvalue weighted by molar-refractivity contribution is 0.128. The Morgan fingerprint density at radius 1 is 1.14 bits per heavy atom. The highest BCUT2D eigenvalue weighted by Crippen LogP contribution is 2.25. The van der Waals surface area contributed by atoms with Crippen molar-refractivity contribution in [2.24, 2.45) is 0 Å². The van der Waals surface area contributed by atoms with E-state index < -0.39 is 0 Å². The maximum Gasteiger partial charge on any atom is 0.158 e. The number of halogens is 1. The molecule has 0 radical (unpaired) electrons. The van der Waals surface area contributed by atoms with E-state index >= 15 is 0 Å². The fourth-order valence-corrected chi connectivity index (χ4v) is 2.18. The van der Waals surface area contributed by atoms with Crippen molar-refractivity contribution in [2.75, 3.05) is 23.8 Å². The molecular formula is C15H19BrN4O. The summed E-state index contributed by atoms with van der Waals surface area (Å²) in [6, 6.07) is 9.80. The monoisotopic (exact) mass is 350 g/mol. The Hall–Kier alpha value is -1.66. The van der Waals surface area contributed by atoms with Crippen LogP contribution in [-0.4, -0.2) is 23.1 Å². The van der Waals surface area contributed by atoms with Gasteiger partial charge >= 0.3 is 0 Å². The highest BCUT2D eigenvalue weighted by molar-refractivity contribution is 9.10. The van der Waals surface area contributed by atoms with Gasteiger partial charge in [0, 0.05) is 23.7 Å². The molecule has 2 rings (SSSR count). The lowest BCUT2D eigenvalue weighted by Gasteiger charge is -2.11. The molecule has 0 unspecified atom stereocenters. The van der Waals surface area contributed by atoms with E-state index in [1.807, 2.05) is 44.2 Å². The molecule has 6 heteroatoms. The number of ether oxygens (including phenoxy) is 1. The van der Waals surface area contributed by atoms with E-state index in [4.69, 9.17) is 4.74 Å².